The lowest BCUT2D eigenvalue weighted by Crippen LogP contribution is -2.21. The molecule has 0 fully saturated rings. The lowest BCUT2D eigenvalue weighted by Gasteiger charge is -2.18. The predicted molar refractivity (Wildman–Crippen MR) is 74.7 cm³/mol. The van der Waals surface area contributed by atoms with Gasteiger partial charge in [0.2, 0.25) is 0 Å². The lowest BCUT2D eigenvalue weighted by molar-refractivity contribution is -0.117. The van der Waals surface area contributed by atoms with Crippen LogP contribution in [-0.4, -0.2) is 39.0 Å². The Labute approximate surface area is 116 Å². The molecule has 0 N–H and O–H groups in total. The summed E-state index contributed by atoms with van der Waals surface area (Å²) in [6, 6.07) is 6.90. The Morgan fingerprint density at radius 2 is 2.00 bits per heavy atom. The van der Waals surface area contributed by atoms with Crippen LogP contribution in [0.25, 0.3) is 10.4 Å². The van der Waals surface area contributed by atoms with E-state index in [4.69, 9.17) is 5.53 Å². The Balaban J connectivity index is 2.55. The van der Waals surface area contributed by atoms with Crippen molar-refractivity contribution in [3.8, 4) is 0 Å². The number of carbonyl (C=O) groups excluding carboxylic acids is 2. The molecule has 0 saturated carbocycles. The topological polar surface area (TPSA) is 95.4 Å². The van der Waals surface area contributed by atoms with Gasteiger partial charge in [0.15, 0.2) is 0 Å². The standard InChI is InChI=1S/C13H16N4O3/c1-17(8-7-12(18)9-15-16-14)11-5-3-10(4-6-11)13(19)20-2/h3-6H,7-9H2,1-2H3. The first kappa shape index (κ1) is 15.5. The number of azide groups is 1. The molecular weight excluding hydrogens is 260 g/mol. The highest BCUT2D eigenvalue weighted by Crippen LogP contribution is 2.14. The molecule has 0 aliphatic heterocycles. The van der Waals surface area contributed by atoms with Crippen LogP contribution in [0.1, 0.15) is 16.8 Å². The lowest BCUT2D eigenvalue weighted by atomic mass is 10.2. The molecule has 0 aliphatic rings. The van der Waals surface area contributed by atoms with Crippen LogP contribution in [-0.2, 0) is 9.53 Å². The van der Waals surface area contributed by atoms with Gasteiger partial charge in [-0.1, -0.05) is 5.11 Å². The molecule has 1 rings (SSSR count). The van der Waals surface area contributed by atoms with Crippen LogP contribution < -0.4 is 4.90 Å². The van der Waals surface area contributed by atoms with Crippen LogP contribution in [0.5, 0.6) is 0 Å². The van der Waals surface area contributed by atoms with Gasteiger partial charge >= 0.3 is 5.97 Å². The van der Waals surface area contributed by atoms with E-state index >= 15 is 0 Å². The molecule has 1 aromatic rings. The van der Waals surface area contributed by atoms with Crippen LogP contribution in [0, 0.1) is 0 Å². The maximum atomic E-state index is 11.4. The van der Waals surface area contributed by atoms with Crippen molar-refractivity contribution in [3.05, 3.63) is 40.3 Å². The number of esters is 1. The minimum atomic E-state index is -0.385. The second kappa shape index (κ2) is 7.81. The predicted octanol–water partition coefficient (Wildman–Crippen LogP) is 2.18. The summed E-state index contributed by atoms with van der Waals surface area (Å²) in [7, 11) is 3.17. The number of nitrogens with zero attached hydrogens (tertiary/aromatic N) is 4. The van der Waals surface area contributed by atoms with E-state index in [0.29, 0.717) is 18.5 Å². The maximum absolute atomic E-state index is 11.4. The minimum absolute atomic E-state index is 0.110. The monoisotopic (exact) mass is 276 g/mol. The molecular formula is C13H16N4O3. The number of Topliss-reactive ketones (excluding diaryl/α,β-unsaturated/α-hetero) is 1. The summed E-state index contributed by atoms with van der Waals surface area (Å²) in [5.41, 5.74) is 9.48. The molecule has 0 radical (unpaired) electrons. The normalized spacial score (nSPS) is 9.50. The molecule has 1 aromatic carbocycles. The van der Waals surface area contributed by atoms with Gasteiger partial charge in [-0.3, -0.25) is 4.79 Å². The molecule has 0 spiro atoms. The van der Waals surface area contributed by atoms with Crippen molar-refractivity contribution in [1.82, 2.24) is 0 Å². The van der Waals surface area contributed by atoms with E-state index in [1.54, 1.807) is 24.3 Å². The molecule has 0 amide bonds. The first-order valence-electron chi connectivity index (χ1n) is 6.00. The van der Waals surface area contributed by atoms with Crippen molar-refractivity contribution < 1.29 is 14.3 Å². The maximum Gasteiger partial charge on any atom is 0.337 e. The van der Waals surface area contributed by atoms with Crippen molar-refractivity contribution in [3.63, 3.8) is 0 Å². The van der Waals surface area contributed by atoms with Gasteiger partial charge in [0.1, 0.15) is 5.78 Å². The van der Waals surface area contributed by atoms with Gasteiger partial charge in [-0.15, -0.1) is 0 Å². The molecule has 0 atom stereocenters. The van der Waals surface area contributed by atoms with Crippen LogP contribution in [0.4, 0.5) is 5.69 Å². The highest BCUT2D eigenvalue weighted by molar-refractivity contribution is 5.89. The Hall–Kier alpha value is -2.53. The van der Waals surface area contributed by atoms with Crippen LogP contribution in [0.15, 0.2) is 29.4 Å². The summed E-state index contributed by atoms with van der Waals surface area (Å²) >= 11 is 0. The van der Waals surface area contributed by atoms with Crippen molar-refractivity contribution in [2.75, 3.05) is 32.1 Å². The van der Waals surface area contributed by atoms with Gasteiger partial charge in [-0.25, -0.2) is 4.79 Å². The van der Waals surface area contributed by atoms with Crippen molar-refractivity contribution in [1.29, 1.82) is 0 Å². The van der Waals surface area contributed by atoms with Crippen LogP contribution in [0.2, 0.25) is 0 Å². The van der Waals surface area contributed by atoms with Gasteiger partial charge in [0.25, 0.3) is 0 Å². The Morgan fingerprint density at radius 3 is 2.55 bits per heavy atom. The quantitative estimate of drug-likeness (QED) is 0.330. The highest BCUT2D eigenvalue weighted by atomic mass is 16.5. The molecule has 0 aromatic heterocycles. The number of ketones is 1. The number of anilines is 1. The Bertz CT molecular complexity index is 521. The summed E-state index contributed by atoms with van der Waals surface area (Å²) in [6.07, 6.45) is 0.300. The average molecular weight is 276 g/mol. The number of hydrogen-bond acceptors (Lipinski definition) is 5. The highest BCUT2D eigenvalue weighted by Gasteiger charge is 2.07. The first-order chi connectivity index (χ1) is 9.58. The Morgan fingerprint density at radius 1 is 1.35 bits per heavy atom. The van der Waals surface area contributed by atoms with E-state index in [1.165, 1.54) is 7.11 Å². The van der Waals surface area contributed by atoms with Crippen LogP contribution in [0.3, 0.4) is 0 Å². The summed E-state index contributed by atoms with van der Waals surface area (Å²) in [5, 5.41) is 3.22. The molecule has 7 heteroatoms. The van der Waals surface area contributed by atoms with E-state index in [1.807, 2.05) is 11.9 Å². The van der Waals surface area contributed by atoms with Crippen molar-refractivity contribution >= 4 is 17.4 Å². The van der Waals surface area contributed by atoms with E-state index in [2.05, 4.69) is 14.8 Å². The zero-order chi connectivity index (χ0) is 15.0. The molecule has 7 nitrogen and oxygen atoms in total. The number of rotatable bonds is 7. The second-order valence-electron chi connectivity index (χ2n) is 4.14. The zero-order valence-corrected chi connectivity index (χ0v) is 11.4. The second-order valence-corrected chi connectivity index (χ2v) is 4.14. The molecule has 0 unspecified atom stereocenters. The van der Waals surface area contributed by atoms with Crippen LogP contribution >= 0.6 is 0 Å². The summed E-state index contributed by atoms with van der Waals surface area (Å²) < 4.78 is 4.62. The number of hydrogen-bond donors (Lipinski definition) is 0. The summed E-state index contributed by atoms with van der Waals surface area (Å²) in [5.74, 6) is -0.496. The number of ether oxygens (including phenoxy) is 1. The smallest absolute Gasteiger partial charge is 0.337 e. The summed E-state index contributed by atoms with van der Waals surface area (Å²) in [6.45, 7) is 0.392. The fraction of sp³-hybridized carbons (Fsp3) is 0.385. The molecule has 0 heterocycles. The van der Waals surface area contributed by atoms with E-state index in [9.17, 15) is 9.59 Å². The molecule has 0 aliphatic carbocycles. The van der Waals surface area contributed by atoms with E-state index in [-0.39, 0.29) is 18.3 Å². The first-order valence-corrected chi connectivity index (χ1v) is 6.00. The minimum Gasteiger partial charge on any atom is -0.465 e. The van der Waals surface area contributed by atoms with Gasteiger partial charge in [-0.2, -0.15) is 0 Å². The third kappa shape index (κ3) is 4.62. The van der Waals surface area contributed by atoms with Gasteiger partial charge in [-0.05, 0) is 29.8 Å². The fourth-order valence-corrected chi connectivity index (χ4v) is 1.58. The van der Waals surface area contributed by atoms with Gasteiger partial charge in [0.05, 0.1) is 19.2 Å². The zero-order valence-electron chi connectivity index (χ0n) is 11.4. The molecule has 20 heavy (non-hydrogen) atoms. The number of benzene rings is 1. The summed E-state index contributed by atoms with van der Waals surface area (Å²) in [4.78, 5) is 27.1. The fourth-order valence-electron chi connectivity index (χ4n) is 1.58. The third-order valence-corrected chi connectivity index (χ3v) is 2.77. The largest absolute Gasteiger partial charge is 0.465 e. The number of carbonyl (C=O) groups is 2. The van der Waals surface area contributed by atoms with Crippen molar-refractivity contribution in [2.24, 2.45) is 5.11 Å². The SMILES string of the molecule is COC(=O)c1ccc(N(C)CCC(=O)CN=[N+]=[N-])cc1. The molecule has 0 saturated heterocycles. The van der Waals surface area contributed by atoms with E-state index < -0.39 is 0 Å². The van der Waals surface area contributed by atoms with E-state index in [0.717, 1.165) is 5.69 Å². The molecule has 0 bridgehead atoms. The average Bonchev–Trinajstić information content (AvgIpc) is 2.49. The van der Waals surface area contributed by atoms with Gasteiger partial charge in [0, 0.05) is 30.6 Å². The van der Waals surface area contributed by atoms with Crippen molar-refractivity contribution in [2.45, 2.75) is 6.42 Å². The molecule has 106 valence electrons. The third-order valence-electron chi connectivity index (χ3n) is 2.77. The Kier molecular flexibility index (Phi) is 6.06. The van der Waals surface area contributed by atoms with Gasteiger partial charge < -0.3 is 9.64 Å². The number of methoxy groups -OCH3 is 1.